The maximum Gasteiger partial charge on any atom is 0.317 e. The van der Waals surface area contributed by atoms with Gasteiger partial charge in [0.1, 0.15) is 0 Å². The number of carboxylic acid groups (broad SMARTS) is 1. The van der Waals surface area contributed by atoms with Crippen LogP contribution in [0.4, 0.5) is 4.79 Å². The predicted molar refractivity (Wildman–Crippen MR) is 91.9 cm³/mol. The van der Waals surface area contributed by atoms with Gasteiger partial charge in [0.2, 0.25) is 0 Å². The van der Waals surface area contributed by atoms with E-state index in [9.17, 15) is 9.59 Å². The number of hydrogen-bond donors (Lipinski definition) is 2. The number of urea groups is 1. The predicted octanol–water partition coefficient (Wildman–Crippen LogP) is 3.08. The van der Waals surface area contributed by atoms with E-state index in [2.05, 4.69) is 29.6 Å². The first-order chi connectivity index (χ1) is 11.6. The van der Waals surface area contributed by atoms with Gasteiger partial charge in [0.15, 0.2) is 0 Å². The first-order valence-electron chi connectivity index (χ1n) is 8.95. The Morgan fingerprint density at radius 1 is 1.12 bits per heavy atom. The Kier molecular flexibility index (Phi) is 5.38. The number of nitrogens with one attached hydrogen (secondary N) is 1. The fourth-order valence-electron chi connectivity index (χ4n) is 4.07. The van der Waals surface area contributed by atoms with Gasteiger partial charge in [-0.25, -0.2) is 4.79 Å². The number of amides is 2. The third kappa shape index (κ3) is 3.89. The molecule has 1 aromatic rings. The number of nitrogens with zero attached hydrogens (tertiary/aromatic N) is 1. The number of rotatable bonds is 4. The number of carbonyl (C=O) groups excluding carboxylic acids is 1. The molecule has 2 fully saturated rings. The lowest BCUT2D eigenvalue weighted by atomic mass is 9.75. The SMILES string of the molecule is O=C(O)C1CCN(C(=O)NCC2CCCCC2c2ccccc2)C1. The minimum absolute atomic E-state index is 0.115. The first-order valence-corrected chi connectivity index (χ1v) is 8.95. The van der Waals surface area contributed by atoms with Crippen LogP contribution in [0.2, 0.25) is 0 Å². The van der Waals surface area contributed by atoms with Crippen LogP contribution in [0.5, 0.6) is 0 Å². The van der Waals surface area contributed by atoms with Gasteiger partial charge in [0, 0.05) is 19.6 Å². The average molecular weight is 330 g/mol. The van der Waals surface area contributed by atoms with Gasteiger partial charge in [-0.2, -0.15) is 0 Å². The molecule has 2 aliphatic rings. The maximum absolute atomic E-state index is 12.3. The molecule has 1 saturated heterocycles. The van der Waals surface area contributed by atoms with Crippen molar-refractivity contribution in [3.63, 3.8) is 0 Å². The zero-order chi connectivity index (χ0) is 16.9. The van der Waals surface area contributed by atoms with Gasteiger partial charge < -0.3 is 15.3 Å². The Hall–Kier alpha value is -2.04. The fraction of sp³-hybridized carbons (Fsp3) is 0.579. The molecule has 1 aromatic carbocycles. The number of aliphatic carboxylic acids is 1. The third-order valence-corrected chi connectivity index (χ3v) is 5.48. The van der Waals surface area contributed by atoms with Crippen molar-refractivity contribution >= 4 is 12.0 Å². The zero-order valence-corrected chi connectivity index (χ0v) is 14.0. The summed E-state index contributed by atoms with van der Waals surface area (Å²) in [6, 6.07) is 10.4. The smallest absolute Gasteiger partial charge is 0.317 e. The van der Waals surface area contributed by atoms with Crippen LogP contribution in [0.1, 0.15) is 43.6 Å². The van der Waals surface area contributed by atoms with Gasteiger partial charge in [-0.3, -0.25) is 4.79 Å². The summed E-state index contributed by atoms with van der Waals surface area (Å²) in [5.74, 6) is -0.252. The number of carbonyl (C=O) groups is 2. The second-order valence-corrected chi connectivity index (χ2v) is 7.02. The van der Waals surface area contributed by atoms with Crippen LogP contribution in [-0.4, -0.2) is 41.6 Å². The minimum atomic E-state index is -0.804. The van der Waals surface area contributed by atoms with Crippen LogP contribution in [0, 0.1) is 11.8 Å². The van der Waals surface area contributed by atoms with E-state index in [1.807, 2.05) is 6.07 Å². The number of likely N-dealkylation sites (tertiary alicyclic amines) is 1. The second-order valence-electron chi connectivity index (χ2n) is 7.02. The van der Waals surface area contributed by atoms with E-state index in [1.54, 1.807) is 4.90 Å². The average Bonchev–Trinajstić information content (AvgIpc) is 3.11. The molecule has 1 saturated carbocycles. The Morgan fingerprint density at radius 2 is 1.88 bits per heavy atom. The molecule has 1 heterocycles. The molecule has 1 aliphatic heterocycles. The topological polar surface area (TPSA) is 69.6 Å². The van der Waals surface area contributed by atoms with E-state index in [0.717, 1.165) is 6.42 Å². The molecule has 5 nitrogen and oxygen atoms in total. The van der Waals surface area contributed by atoms with E-state index < -0.39 is 11.9 Å². The van der Waals surface area contributed by atoms with Crippen molar-refractivity contribution in [3.05, 3.63) is 35.9 Å². The van der Waals surface area contributed by atoms with Crippen molar-refractivity contribution in [2.24, 2.45) is 11.8 Å². The van der Waals surface area contributed by atoms with Gasteiger partial charge in [0.25, 0.3) is 0 Å². The van der Waals surface area contributed by atoms with Crippen molar-refractivity contribution in [2.45, 2.75) is 38.0 Å². The van der Waals surface area contributed by atoms with E-state index in [1.165, 1.54) is 24.8 Å². The van der Waals surface area contributed by atoms with E-state index >= 15 is 0 Å². The minimum Gasteiger partial charge on any atom is -0.481 e. The molecule has 0 spiro atoms. The van der Waals surface area contributed by atoms with Gasteiger partial charge in [0.05, 0.1) is 5.92 Å². The summed E-state index contributed by atoms with van der Waals surface area (Å²) in [4.78, 5) is 25.0. The van der Waals surface area contributed by atoms with Crippen molar-refractivity contribution in [3.8, 4) is 0 Å². The molecule has 130 valence electrons. The normalized spacial score (nSPS) is 27.0. The Morgan fingerprint density at radius 3 is 2.58 bits per heavy atom. The largest absolute Gasteiger partial charge is 0.481 e. The van der Waals surface area contributed by atoms with Crippen molar-refractivity contribution < 1.29 is 14.7 Å². The molecule has 2 amide bonds. The summed E-state index contributed by atoms with van der Waals surface area (Å²) in [6.07, 6.45) is 5.33. The maximum atomic E-state index is 12.3. The van der Waals surface area contributed by atoms with Crippen LogP contribution in [-0.2, 0) is 4.79 Å². The lowest BCUT2D eigenvalue weighted by Crippen LogP contribution is -2.42. The molecule has 3 unspecified atom stereocenters. The standard InChI is InChI=1S/C19H26N2O3/c22-18(23)16-10-11-21(13-16)19(24)20-12-15-8-4-5-9-17(15)14-6-2-1-3-7-14/h1-3,6-7,15-17H,4-5,8-13H2,(H,20,24)(H,22,23). The number of benzene rings is 1. The highest BCUT2D eigenvalue weighted by Crippen LogP contribution is 2.37. The third-order valence-electron chi connectivity index (χ3n) is 5.48. The number of hydrogen-bond acceptors (Lipinski definition) is 2. The van der Waals surface area contributed by atoms with Crippen molar-refractivity contribution in [1.82, 2.24) is 10.2 Å². The molecule has 24 heavy (non-hydrogen) atoms. The van der Waals surface area contributed by atoms with Crippen molar-refractivity contribution in [2.75, 3.05) is 19.6 Å². The lowest BCUT2D eigenvalue weighted by Gasteiger charge is -2.32. The molecule has 0 radical (unpaired) electrons. The van der Waals surface area contributed by atoms with Crippen LogP contribution >= 0.6 is 0 Å². The highest BCUT2D eigenvalue weighted by molar-refractivity contribution is 5.77. The summed E-state index contributed by atoms with van der Waals surface area (Å²) in [6.45, 7) is 1.54. The highest BCUT2D eigenvalue weighted by atomic mass is 16.4. The molecule has 5 heteroatoms. The Bertz CT molecular complexity index is 575. The van der Waals surface area contributed by atoms with Gasteiger partial charge in [-0.05, 0) is 36.7 Å². The van der Waals surface area contributed by atoms with Gasteiger partial charge in [-0.15, -0.1) is 0 Å². The number of carboxylic acids is 1. The van der Waals surface area contributed by atoms with Crippen LogP contribution in [0.3, 0.4) is 0 Å². The zero-order valence-electron chi connectivity index (χ0n) is 14.0. The van der Waals surface area contributed by atoms with E-state index in [-0.39, 0.29) is 6.03 Å². The molecular formula is C19H26N2O3. The summed E-state index contributed by atoms with van der Waals surface area (Å²) in [7, 11) is 0. The molecule has 0 aromatic heterocycles. The van der Waals surface area contributed by atoms with Crippen LogP contribution in [0.15, 0.2) is 30.3 Å². The van der Waals surface area contributed by atoms with Gasteiger partial charge in [-0.1, -0.05) is 43.2 Å². The summed E-state index contributed by atoms with van der Waals surface area (Å²) >= 11 is 0. The summed E-state index contributed by atoms with van der Waals surface area (Å²) in [5.41, 5.74) is 1.36. The second kappa shape index (κ2) is 7.69. The van der Waals surface area contributed by atoms with E-state index in [0.29, 0.717) is 37.9 Å². The van der Waals surface area contributed by atoms with Crippen LogP contribution < -0.4 is 5.32 Å². The highest BCUT2D eigenvalue weighted by Gasteiger charge is 2.32. The Labute approximate surface area is 143 Å². The Balaban J connectivity index is 1.54. The van der Waals surface area contributed by atoms with Gasteiger partial charge >= 0.3 is 12.0 Å². The summed E-state index contributed by atoms with van der Waals surface area (Å²) < 4.78 is 0. The summed E-state index contributed by atoms with van der Waals surface area (Å²) in [5, 5.41) is 12.1. The van der Waals surface area contributed by atoms with Crippen LogP contribution in [0.25, 0.3) is 0 Å². The first kappa shape index (κ1) is 16.8. The fourth-order valence-corrected chi connectivity index (χ4v) is 4.07. The molecule has 3 rings (SSSR count). The molecule has 1 aliphatic carbocycles. The lowest BCUT2D eigenvalue weighted by molar-refractivity contribution is -0.141. The quantitative estimate of drug-likeness (QED) is 0.891. The monoisotopic (exact) mass is 330 g/mol. The molecule has 3 atom stereocenters. The molecular weight excluding hydrogens is 304 g/mol. The molecule has 2 N–H and O–H groups in total. The van der Waals surface area contributed by atoms with E-state index in [4.69, 9.17) is 5.11 Å². The molecule has 0 bridgehead atoms. The van der Waals surface area contributed by atoms with Crippen molar-refractivity contribution in [1.29, 1.82) is 0 Å².